The molecule has 0 atom stereocenters. The third-order valence-electron chi connectivity index (χ3n) is 3.70. The number of carboxylic acids is 1. The van der Waals surface area contributed by atoms with Gasteiger partial charge in [0.15, 0.2) is 0 Å². The van der Waals surface area contributed by atoms with Gasteiger partial charge in [-0.15, -0.1) is 0 Å². The van der Waals surface area contributed by atoms with Crippen molar-refractivity contribution >= 4 is 22.6 Å². The van der Waals surface area contributed by atoms with Gasteiger partial charge in [-0.25, -0.2) is 0 Å². The zero-order valence-corrected chi connectivity index (χ0v) is 13.1. The Bertz CT molecular complexity index is 931. The molecular formula is C17H14F3N3O2. The summed E-state index contributed by atoms with van der Waals surface area (Å²) in [6.07, 6.45) is -2.63. The van der Waals surface area contributed by atoms with E-state index in [9.17, 15) is 18.0 Å². The van der Waals surface area contributed by atoms with Gasteiger partial charge in [-0.2, -0.15) is 18.3 Å². The summed E-state index contributed by atoms with van der Waals surface area (Å²) in [6, 6.07) is 8.31. The van der Waals surface area contributed by atoms with Crippen molar-refractivity contribution in [2.24, 2.45) is 7.05 Å². The molecule has 0 aliphatic heterocycles. The van der Waals surface area contributed by atoms with Crippen LogP contribution < -0.4 is 5.32 Å². The molecule has 5 nitrogen and oxygen atoms in total. The first-order chi connectivity index (χ1) is 11.7. The number of nitrogens with zero attached hydrogens (tertiary/aromatic N) is 2. The second kappa shape index (κ2) is 6.12. The Kier molecular flexibility index (Phi) is 4.12. The van der Waals surface area contributed by atoms with E-state index < -0.39 is 17.7 Å². The van der Waals surface area contributed by atoms with Crippen molar-refractivity contribution in [3.63, 3.8) is 0 Å². The van der Waals surface area contributed by atoms with Gasteiger partial charge in [-0.1, -0.05) is 12.1 Å². The topological polar surface area (TPSA) is 67.2 Å². The molecule has 2 aromatic carbocycles. The van der Waals surface area contributed by atoms with Gasteiger partial charge in [0, 0.05) is 18.6 Å². The second-order valence-electron chi connectivity index (χ2n) is 5.59. The molecule has 0 saturated carbocycles. The number of hydrogen-bond donors (Lipinski definition) is 2. The van der Waals surface area contributed by atoms with E-state index in [4.69, 9.17) is 5.11 Å². The number of nitrogens with one attached hydrogen (secondary N) is 1. The predicted octanol–water partition coefficient (Wildman–Crippen LogP) is 3.76. The van der Waals surface area contributed by atoms with Gasteiger partial charge in [0.1, 0.15) is 12.1 Å². The Morgan fingerprint density at radius 1 is 1.20 bits per heavy atom. The molecule has 0 bridgehead atoms. The minimum atomic E-state index is -4.39. The zero-order valence-electron chi connectivity index (χ0n) is 13.1. The van der Waals surface area contributed by atoms with Crippen LogP contribution in [-0.4, -0.2) is 27.4 Å². The van der Waals surface area contributed by atoms with Crippen molar-refractivity contribution in [3.05, 3.63) is 48.2 Å². The van der Waals surface area contributed by atoms with E-state index in [1.54, 1.807) is 30.1 Å². The maximum atomic E-state index is 12.7. The maximum Gasteiger partial charge on any atom is 0.416 e. The molecule has 0 aliphatic carbocycles. The molecule has 25 heavy (non-hydrogen) atoms. The molecule has 0 spiro atoms. The third-order valence-corrected chi connectivity index (χ3v) is 3.70. The summed E-state index contributed by atoms with van der Waals surface area (Å²) in [5.74, 6) is -1.02. The van der Waals surface area contributed by atoms with Gasteiger partial charge in [0.2, 0.25) is 0 Å². The van der Waals surface area contributed by atoms with E-state index in [2.05, 4.69) is 10.4 Å². The number of carboxylic acid groups (broad SMARTS) is 1. The molecule has 0 aliphatic rings. The fourth-order valence-electron chi connectivity index (χ4n) is 2.58. The summed E-state index contributed by atoms with van der Waals surface area (Å²) in [5.41, 5.74) is 1.65. The summed E-state index contributed by atoms with van der Waals surface area (Å²) in [7, 11) is 1.73. The van der Waals surface area contributed by atoms with Crippen LogP contribution in [0.3, 0.4) is 0 Å². The largest absolute Gasteiger partial charge is 0.480 e. The fourth-order valence-corrected chi connectivity index (χ4v) is 2.58. The van der Waals surface area contributed by atoms with E-state index in [-0.39, 0.29) is 6.54 Å². The van der Waals surface area contributed by atoms with Gasteiger partial charge in [0.05, 0.1) is 11.3 Å². The highest BCUT2D eigenvalue weighted by Gasteiger charge is 2.30. The first-order valence-corrected chi connectivity index (χ1v) is 7.35. The van der Waals surface area contributed by atoms with Crippen molar-refractivity contribution < 1.29 is 23.1 Å². The second-order valence-corrected chi connectivity index (χ2v) is 5.59. The molecule has 8 heteroatoms. The van der Waals surface area contributed by atoms with Crippen molar-refractivity contribution in [3.8, 4) is 11.1 Å². The smallest absolute Gasteiger partial charge is 0.416 e. The lowest BCUT2D eigenvalue weighted by molar-refractivity contribution is -0.137. The van der Waals surface area contributed by atoms with Crippen LogP contribution in [0.15, 0.2) is 42.6 Å². The van der Waals surface area contributed by atoms with E-state index in [0.717, 1.165) is 17.5 Å². The van der Waals surface area contributed by atoms with Crippen LogP contribution in [0, 0.1) is 0 Å². The number of aryl methyl sites for hydroxylation is 1. The Morgan fingerprint density at radius 2 is 1.88 bits per heavy atom. The number of aliphatic carboxylic acids is 1. The lowest BCUT2D eigenvalue weighted by atomic mass is 10.0. The molecule has 3 aromatic rings. The van der Waals surface area contributed by atoms with E-state index >= 15 is 0 Å². The normalized spacial score (nSPS) is 11.7. The monoisotopic (exact) mass is 349 g/mol. The zero-order chi connectivity index (χ0) is 18.2. The molecule has 1 heterocycles. The van der Waals surface area contributed by atoms with Crippen LogP contribution >= 0.6 is 0 Å². The van der Waals surface area contributed by atoms with Crippen molar-refractivity contribution in [1.29, 1.82) is 0 Å². The maximum absolute atomic E-state index is 12.7. The molecule has 1 aromatic heterocycles. The number of halogens is 3. The van der Waals surface area contributed by atoms with Crippen LogP contribution in [0.1, 0.15) is 5.56 Å². The lowest BCUT2D eigenvalue weighted by Gasteiger charge is -2.10. The van der Waals surface area contributed by atoms with Crippen LogP contribution in [0.4, 0.5) is 18.9 Å². The van der Waals surface area contributed by atoms with Crippen LogP contribution in [0.5, 0.6) is 0 Å². The number of rotatable bonds is 4. The summed E-state index contributed by atoms with van der Waals surface area (Å²) >= 11 is 0. The number of benzene rings is 2. The van der Waals surface area contributed by atoms with Gasteiger partial charge >= 0.3 is 12.1 Å². The molecule has 0 unspecified atom stereocenters. The van der Waals surface area contributed by atoms with Crippen LogP contribution in [-0.2, 0) is 18.0 Å². The summed E-state index contributed by atoms with van der Waals surface area (Å²) in [4.78, 5) is 10.8. The van der Waals surface area contributed by atoms with E-state index in [1.165, 1.54) is 12.1 Å². The van der Waals surface area contributed by atoms with Crippen molar-refractivity contribution in [2.45, 2.75) is 6.18 Å². The Hall–Kier alpha value is -3.03. The average Bonchev–Trinajstić information content (AvgIpc) is 2.92. The molecule has 0 amide bonds. The standard InChI is InChI=1S/C17H14F3N3O2/c1-23-9-12-6-11(7-14(16(12)22-23)21-8-15(24)25)10-2-4-13(5-3-10)17(18,19)20/h2-7,9,21H,8H2,1H3,(H,24,25). The highest BCUT2D eigenvalue weighted by Crippen LogP contribution is 2.33. The summed E-state index contributed by atoms with van der Waals surface area (Å²) in [6.45, 7) is -0.290. The van der Waals surface area contributed by atoms with Gasteiger partial charge in [-0.05, 0) is 35.4 Å². The summed E-state index contributed by atoms with van der Waals surface area (Å²) < 4.78 is 39.7. The SMILES string of the molecule is Cn1cc2cc(-c3ccc(C(F)(F)F)cc3)cc(NCC(=O)O)c2n1. The predicted molar refractivity (Wildman–Crippen MR) is 87.3 cm³/mol. The Labute approximate surface area is 140 Å². The number of alkyl halides is 3. The summed E-state index contributed by atoms with van der Waals surface area (Å²) in [5, 5.41) is 16.7. The van der Waals surface area contributed by atoms with Crippen molar-refractivity contribution in [2.75, 3.05) is 11.9 Å². The Morgan fingerprint density at radius 3 is 2.48 bits per heavy atom. The Balaban J connectivity index is 2.05. The van der Waals surface area contributed by atoms with Gasteiger partial charge in [0.25, 0.3) is 0 Å². The van der Waals surface area contributed by atoms with Crippen LogP contribution in [0.2, 0.25) is 0 Å². The molecule has 0 radical (unpaired) electrons. The number of anilines is 1. The van der Waals surface area contributed by atoms with Crippen LogP contribution in [0.25, 0.3) is 22.0 Å². The van der Waals surface area contributed by atoms with Crippen molar-refractivity contribution in [1.82, 2.24) is 9.78 Å². The molecular weight excluding hydrogens is 335 g/mol. The van der Waals surface area contributed by atoms with E-state index in [0.29, 0.717) is 22.3 Å². The van der Waals surface area contributed by atoms with Gasteiger partial charge in [-0.3, -0.25) is 9.48 Å². The molecule has 0 fully saturated rings. The average molecular weight is 349 g/mol. The minimum absolute atomic E-state index is 0.290. The number of fused-ring (bicyclic) bond motifs is 1. The number of carbonyl (C=O) groups is 1. The molecule has 2 N–H and O–H groups in total. The molecule has 0 saturated heterocycles. The highest BCUT2D eigenvalue weighted by molar-refractivity contribution is 5.95. The highest BCUT2D eigenvalue weighted by atomic mass is 19.4. The molecule has 130 valence electrons. The first kappa shape index (κ1) is 16.8. The quantitative estimate of drug-likeness (QED) is 0.753. The first-order valence-electron chi connectivity index (χ1n) is 7.35. The number of hydrogen-bond acceptors (Lipinski definition) is 3. The van der Waals surface area contributed by atoms with Gasteiger partial charge < -0.3 is 10.4 Å². The molecule has 3 rings (SSSR count). The number of aromatic nitrogens is 2. The lowest BCUT2D eigenvalue weighted by Crippen LogP contribution is -2.12. The van der Waals surface area contributed by atoms with E-state index in [1.807, 2.05) is 0 Å². The third kappa shape index (κ3) is 3.57. The fraction of sp³-hybridized carbons (Fsp3) is 0.176. The minimum Gasteiger partial charge on any atom is -0.480 e.